The van der Waals surface area contributed by atoms with Gasteiger partial charge in [-0.25, -0.2) is 0 Å². The molecule has 1 aliphatic heterocycles. The number of aliphatic hydroxyl groups excluding tert-OH is 3. The van der Waals surface area contributed by atoms with E-state index in [2.05, 4.69) is 4.84 Å². The lowest BCUT2D eigenvalue weighted by atomic mass is 9.99. The smallest absolute Gasteiger partial charge is 0.294 e. The van der Waals surface area contributed by atoms with Crippen LogP contribution in [0.5, 0.6) is 5.75 Å². The molecule has 2 rings (SSSR count). The number of aliphatic hydroxyl groups is 3. The third-order valence-electron chi connectivity index (χ3n) is 3.02. The fraction of sp³-hybridized carbons (Fsp3) is 0.500. The van der Waals surface area contributed by atoms with Gasteiger partial charge >= 0.3 is 0 Å². The van der Waals surface area contributed by atoms with Gasteiger partial charge in [-0.2, -0.15) is 0 Å². The Morgan fingerprint density at radius 3 is 2.48 bits per heavy atom. The molecule has 1 fully saturated rings. The van der Waals surface area contributed by atoms with Crippen LogP contribution in [0.15, 0.2) is 30.3 Å². The molecule has 0 radical (unpaired) electrons. The van der Waals surface area contributed by atoms with Gasteiger partial charge in [0.15, 0.2) is 6.10 Å². The first-order valence-corrected chi connectivity index (χ1v) is 6.18. The van der Waals surface area contributed by atoms with Crippen LogP contribution in [-0.4, -0.2) is 57.7 Å². The number of rotatable bonds is 5. The Bertz CT molecular complexity index is 468. The van der Waals surface area contributed by atoms with E-state index in [-0.39, 0.29) is 0 Å². The number of benzene rings is 1. The standard InChI is InChI=1S/C12H15NO8/c14-6-8-11(21-13(17)18)9(15)10(16)12(20-8)19-7-4-2-1-3-5-7/h1-5,8-12,14-16H,6H2/t8-,9-,10+,11-,12-/m1/s1. The fourth-order valence-corrected chi connectivity index (χ4v) is 2.01. The van der Waals surface area contributed by atoms with Gasteiger partial charge in [0.05, 0.1) is 6.61 Å². The Hall–Kier alpha value is -1.94. The zero-order valence-corrected chi connectivity index (χ0v) is 10.8. The molecule has 116 valence electrons. The summed E-state index contributed by atoms with van der Waals surface area (Å²) in [5.74, 6) is 0.374. The average Bonchev–Trinajstić information content (AvgIpc) is 2.47. The van der Waals surface area contributed by atoms with Crippen LogP contribution < -0.4 is 4.74 Å². The molecule has 1 heterocycles. The molecule has 9 heteroatoms. The summed E-state index contributed by atoms with van der Waals surface area (Å²) in [5.41, 5.74) is 0. The zero-order chi connectivity index (χ0) is 15.4. The maximum atomic E-state index is 10.4. The molecule has 5 atom stereocenters. The van der Waals surface area contributed by atoms with E-state index >= 15 is 0 Å². The minimum atomic E-state index is -1.64. The van der Waals surface area contributed by atoms with Crippen molar-refractivity contribution in [1.82, 2.24) is 0 Å². The van der Waals surface area contributed by atoms with Crippen molar-refractivity contribution < 1.29 is 34.7 Å². The summed E-state index contributed by atoms with van der Waals surface area (Å²) in [7, 11) is 0. The number of para-hydroxylation sites is 1. The minimum Gasteiger partial charge on any atom is -0.462 e. The second-order valence-electron chi connectivity index (χ2n) is 4.43. The molecule has 0 aliphatic carbocycles. The van der Waals surface area contributed by atoms with E-state index in [9.17, 15) is 25.4 Å². The third-order valence-corrected chi connectivity index (χ3v) is 3.02. The molecule has 0 spiro atoms. The summed E-state index contributed by atoms with van der Waals surface area (Å²) in [6.45, 7) is -0.642. The molecule has 1 aromatic rings. The summed E-state index contributed by atoms with van der Waals surface area (Å²) in [6, 6.07) is 8.37. The van der Waals surface area contributed by atoms with Gasteiger partial charge in [0.25, 0.3) is 5.09 Å². The number of ether oxygens (including phenoxy) is 2. The summed E-state index contributed by atoms with van der Waals surface area (Å²) in [4.78, 5) is 14.6. The number of hydrogen-bond acceptors (Lipinski definition) is 8. The lowest BCUT2D eigenvalue weighted by molar-refractivity contribution is -0.774. The number of nitrogens with zero attached hydrogens (tertiary/aromatic N) is 1. The van der Waals surface area contributed by atoms with Crippen LogP contribution in [0.2, 0.25) is 0 Å². The molecule has 0 aromatic heterocycles. The van der Waals surface area contributed by atoms with Crippen LogP contribution in [-0.2, 0) is 9.57 Å². The maximum Gasteiger partial charge on any atom is 0.294 e. The molecule has 1 saturated heterocycles. The molecule has 9 nitrogen and oxygen atoms in total. The topological polar surface area (TPSA) is 132 Å². The summed E-state index contributed by atoms with van der Waals surface area (Å²) >= 11 is 0. The third kappa shape index (κ3) is 3.58. The first-order chi connectivity index (χ1) is 10.0. The highest BCUT2D eigenvalue weighted by atomic mass is 17.0. The van der Waals surface area contributed by atoms with Crippen LogP contribution in [0.25, 0.3) is 0 Å². The molecule has 0 bridgehead atoms. The van der Waals surface area contributed by atoms with Crippen molar-refractivity contribution in [3.05, 3.63) is 40.4 Å². The van der Waals surface area contributed by atoms with Gasteiger partial charge in [-0.05, 0) is 12.1 Å². The number of hydrogen-bond donors (Lipinski definition) is 3. The van der Waals surface area contributed by atoms with E-state index in [1.54, 1.807) is 30.3 Å². The Morgan fingerprint density at radius 1 is 1.24 bits per heavy atom. The lowest BCUT2D eigenvalue weighted by Gasteiger charge is -2.40. The molecule has 0 amide bonds. The average molecular weight is 301 g/mol. The van der Waals surface area contributed by atoms with Gasteiger partial charge < -0.3 is 29.6 Å². The van der Waals surface area contributed by atoms with Gasteiger partial charge in [0.1, 0.15) is 24.1 Å². The van der Waals surface area contributed by atoms with Crippen LogP contribution >= 0.6 is 0 Å². The highest BCUT2D eigenvalue weighted by Gasteiger charge is 2.47. The first-order valence-electron chi connectivity index (χ1n) is 6.18. The molecule has 1 aromatic carbocycles. The predicted octanol–water partition coefficient (Wildman–Crippen LogP) is -0.919. The molecular weight excluding hydrogens is 286 g/mol. The molecule has 21 heavy (non-hydrogen) atoms. The van der Waals surface area contributed by atoms with Crippen LogP contribution in [0.3, 0.4) is 0 Å². The zero-order valence-electron chi connectivity index (χ0n) is 10.8. The normalized spacial score (nSPS) is 32.4. The van der Waals surface area contributed by atoms with Crippen LogP contribution in [0, 0.1) is 10.1 Å². The SMILES string of the molecule is O=[N+]([O-])O[C@H]1[C@H](O)[C@H](O)[C@H](Oc2ccccc2)O[C@@H]1CO. The highest BCUT2D eigenvalue weighted by Crippen LogP contribution is 2.25. The second-order valence-corrected chi connectivity index (χ2v) is 4.43. The van der Waals surface area contributed by atoms with Gasteiger partial charge in [0.2, 0.25) is 6.29 Å². The molecule has 1 aliphatic rings. The predicted molar refractivity (Wildman–Crippen MR) is 66.7 cm³/mol. The van der Waals surface area contributed by atoms with Gasteiger partial charge in [-0.1, -0.05) is 18.2 Å². The fourth-order valence-electron chi connectivity index (χ4n) is 2.01. The quantitative estimate of drug-likeness (QED) is 0.470. The van der Waals surface area contributed by atoms with Crippen LogP contribution in [0.1, 0.15) is 0 Å². The largest absolute Gasteiger partial charge is 0.462 e. The van der Waals surface area contributed by atoms with Gasteiger partial charge in [-0.15, -0.1) is 10.1 Å². The lowest BCUT2D eigenvalue weighted by Crippen LogP contribution is -2.61. The van der Waals surface area contributed by atoms with E-state index in [0.29, 0.717) is 5.75 Å². The first kappa shape index (κ1) is 15.4. The maximum absolute atomic E-state index is 10.4. The van der Waals surface area contributed by atoms with Crippen molar-refractivity contribution in [1.29, 1.82) is 0 Å². The van der Waals surface area contributed by atoms with Crippen LogP contribution in [0.4, 0.5) is 0 Å². The Morgan fingerprint density at radius 2 is 1.90 bits per heavy atom. The Kier molecular flexibility index (Phi) is 4.91. The van der Waals surface area contributed by atoms with Gasteiger partial charge in [0, 0.05) is 0 Å². The van der Waals surface area contributed by atoms with E-state index in [0.717, 1.165) is 0 Å². The van der Waals surface area contributed by atoms with E-state index in [1.807, 2.05) is 0 Å². The monoisotopic (exact) mass is 301 g/mol. The summed E-state index contributed by atoms with van der Waals surface area (Å²) in [5, 5.41) is 38.2. The molecule has 0 saturated carbocycles. The van der Waals surface area contributed by atoms with E-state index in [4.69, 9.17) is 9.47 Å². The van der Waals surface area contributed by atoms with Crippen molar-refractivity contribution in [3.63, 3.8) is 0 Å². The highest BCUT2D eigenvalue weighted by molar-refractivity contribution is 5.21. The minimum absolute atomic E-state index is 0.374. The molecule has 3 N–H and O–H groups in total. The van der Waals surface area contributed by atoms with Crippen molar-refractivity contribution >= 4 is 0 Å². The second kappa shape index (κ2) is 6.68. The summed E-state index contributed by atoms with van der Waals surface area (Å²) < 4.78 is 10.6. The Labute approximate surface area is 119 Å². The van der Waals surface area contributed by atoms with E-state index < -0.39 is 42.4 Å². The van der Waals surface area contributed by atoms with E-state index in [1.165, 1.54) is 0 Å². The van der Waals surface area contributed by atoms with Crippen molar-refractivity contribution in [2.24, 2.45) is 0 Å². The van der Waals surface area contributed by atoms with Crippen molar-refractivity contribution in [3.8, 4) is 5.75 Å². The van der Waals surface area contributed by atoms with Gasteiger partial charge in [-0.3, -0.25) is 0 Å². The Balaban J connectivity index is 2.10. The molecule has 0 unspecified atom stereocenters. The molecular formula is C12H15NO8. The summed E-state index contributed by atoms with van der Waals surface area (Å²) in [6.07, 6.45) is -7.21. The van der Waals surface area contributed by atoms with Crippen molar-refractivity contribution in [2.75, 3.05) is 6.61 Å². The van der Waals surface area contributed by atoms with Crippen molar-refractivity contribution in [2.45, 2.75) is 30.7 Å².